The topological polar surface area (TPSA) is 72.2 Å². The van der Waals surface area contributed by atoms with Gasteiger partial charge < -0.3 is 5.73 Å². The average Bonchev–Trinajstić information content (AvgIpc) is 2.09. The molecule has 0 aliphatic rings. The molecule has 1 aromatic carbocycles. The Morgan fingerprint density at radius 2 is 1.75 bits per heavy atom. The Kier molecular flexibility index (Phi) is 5.11. The molecule has 0 aliphatic carbocycles. The van der Waals surface area contributed by atoms with E-state index >= 15 is 0 Å². The van der Waals surface area contributed by atoms with E-state index in [-0.39, 0.29) is 24.5 Å². The Hall–Kier alpha value is -0.920. The van der Waals surface area contributed by atoms with Crippen LogP contribution in [0.2, 0.25) is 0 Å². The number of hydrogen-bond acceptors (Lipinski definition) is 3. The molecule has 0 aromatic heterocycles. The van der Waals surface area contributed by atoms with Crippen LogP contribution in [-0.2, 0) is 16.6 Å². The fourth-order valence-corrected chi connectivity index (χ4v) is 1.59. The monoisotopic (exact) mass is 272 g/mol. The lowest BCUT2D eigenvalue weighted by Crippen LogP contribution is -2.13. The van der Waals surface area contributed by atoms with E-state index in [1.165, 1.54) is 0 Å². The summed E-state index contributed by atoms with van der Waals surface area (Å²) in [6, 6.07) is 1.97. The van der Waals surface area contributed by atoms with Crippen LogP contribution < -0.4 is 10.5 Å². The molecule has 0 heterocycles. The number of anilines is 1. The van der Waals surface area contributed by atoms with E-state index in [4.69, 9.17) is 5.73 Å². The maximum absolute atomic E-state index is 13.2. The molecule has 0 radical (unpaired) electrons. The van der Waals surface area contributed by atoms with Crippen molar-refractivity contribution in [1.29, 1.82) is 0 Å². The summed E-state index contributed by atoms with van der Waals surface area (Å²) in [6.07, 6.45) is 0.808. The highest BCUT2D eigenvalue weighted by molar-refractivity contribution is 7.92. The summed E-state index contributed by atoms with van der Waals surface area (Å²) in [4.78, 5) is 0. The van der Waals surface area contributed by atoms with Gasteiger partial charge in [-0.25, -0.2) is 17.2 Å². The van der Waals surface area contributed by atoms with E-state index in [2.05, 4.69) is 0 Å². The highest BCUT2D eigenvalue weighted by atomic mass is 35.5. The fraction of sp³-hybridized carbons (Fsp3) is 0.250. The number of halogens is 3. The molecule has 8 heteroatoms. The molecule has 92 valence electrons. The van der Waals surface area contributed by atoms with Crippen LogP contribution in [0.4, 0.5) is 14.5 Å². The van der Waals surface area contributed by atoms with Crippen molar-refractivity contribution in [3.05, 3.63) is 29.3 Å². The smallest absolute Gasteiger partial charge is 0.230 e. The fourth-order valence-electron chi connectivity index (χ4n) is 1.03. The quantitative estimate of drug-likeness (QED) is 0.869. The van der Waals surface area contributed by atoms with Gasteiger partial charge in [-0.1, -0.05) is 0 Å². The molecule has 0 unspecified atom stereocenters. The van der Waals surface area contributed by atoms with E-state index in [0.29, 0.717) is 0 Å². The molecule has 0 saturated heterocycles. The van der Waals surface area contributed by atoms with Crippen LogP contribution in [0, 0.1) is 11.6 Å². The molecule has 0 atom stereocenters. The number of hydrogen-bond donors (Lipinski definition) is 2. The largest absolute Gasteiger partial charge is 0.326 e. The molecule has 0 saturated carbocycles. The highest BCUT2D eigenvalue weighted by Gasteiger charge is 2.14. The predicted molar refractivity (Wildman–Crippen MR) is 60.0 cm³/mol. The zero-order valence-corrected chi connectivity index (χ0v) is 9.96. The second-order valence-corrected chi connectivity index (χ2v) is 4.76. The van der Waals surface area contributed by atoms with Gasteiger partial charge in [0, 0.05) is 6.54 Å². The first kappa shape index (κ1) is 15.1. The Morgan fingerprint density at radius 3 is 2.06 bits per heavy atom. The summed E-state index contributed by atoms with van der Waals surface area (Å²) in [6.45, 7) is -0.0208. The standard InChI is InChI=1S/C8H10F2N2O2S.ClH/c1-15(13,14)12-8-6(9)2-5(4-11)3-7(8)10;/h2-3,12H,4,11H2,1H3;1H. The lowest BCUT2D eigenvalue weighted by atomic mass is 10.2. The second-order valence-electron chi connectivity index (χ2n) is 3.01. The molecule has 0 bridgehead atoms. The summed E-state index contributed by atoms with van der Waals surface area (Å²) in [5, 5.41) is 0. The number of nitrogens with one attached hydrogen (secondary N) is 1. The van der Waals surface area contributed by atoms with E-state index in [1.54, 1.807) is 4.72 Å². The maximum Gasteiger partial charge on any atom is 0.230 e. The van der Waals surface area contributed by atoms with Crippen LogP contribution in [0.1, 0.15) is 5.56 Å². The third-order valence-corrected chi connectivity index (χ3v) is 2.20. The molecular weight excluding hydrogens is 262 g/mol. The van der Waals surface area contributed by atoms with Crippen LogP contribution in [0.3, 0.4) is 0 Å². The molecule has 1 rings (SSSR count). The zero-order valence-electron chi connectivity index (χ0n) is 8.33. The summed E-state index contributed by atoms with van der Waals surface area (Å²) in [5.74, 6) is -1.97. The van der Waals surface area contributed by atoms with Gasteiger partial charge in [0.25, 0.3) is 0 Å². The Labute approximate surface area is 98.3 Å². The molecule has 0 spiro atoms. The first-order valence-electron chi connectivity index (χ1n) is 3.99. The highest BCUT2D eigenvalue weighted by Crippen LogP contribution is 2.21. The van der Waals surface area contributed by atoms with Gasteiger partial charge in [-0.15, -0.1) is 12.4 Å². The first-order chi connectivity index (χ1) is 6.83. The van der Waals surface area contributed by atoms with Crippen LogP contribution in [0.25, 0.3) is 0 Å². The summed E-state index contributed by atoms with van der Waals surface area (Å²) < 4.78 is 49.7. The zero-order chi connectivity index (χ0) is 11.6. The molecule has 16 heavy (non-hydrogen) atoms. The van der Waals surface area contributed by atoms with Crippen molar-refractivity contribution in [3.63, 3.8) is 0 Å². The van der Waals surface area contributed by atoms with Crippen LogP contribution >= 0.6 is 12.4 Å². The molecule has 1 aromatic rings. The van der Waals surface area contributed by atoms with Gasteiger partial charge >= 0.3 is 0 Å². The van der Waals surface area contributed by atoms with Gasteiger partial charge in [0.2, 0.25) is 10.0 Å². The van der Waals surface area contributed by atoms with E-state index in [9.17, 15) is 17.2 Å². The third-order valence-electron chi connectivity index (χ3n) is 1.63. The lowest BCUT2D eigenvalue weighted by molar-refractivity contribution is 0.582. The van der Waals surface area contributed by atoms with E-state index in [0.717, 1.165) is 18.4 Å². The third kappa shape index (κ3) is 3.92. The molecule has 3 N–H and O–H groups in total. The van der Waals surface area contributed by atoms with Gasteiger partial charge in [-0.2, -0.15) is 0 Å². The minimum absolute atomic E-state index is 0. The van der Waals surface area contributed by atoms with Crippen LogP contribution in [0.5, 0.6) is 0 Å². The van der Waals surface area contributed by atoms with Crippen molar-refractivity contribution >= 4 is 28.1 Å². The summed E-state index contributed by atoms with van der Waals surface area (Å²) in [5.41, 5.74) is 4.76. The molecule has 0 fully saturated rings. The van der Waals surface area contributed by atoms with Crippen molar-refractivity contribution < 1.29 is 17.2 Å². The van der Waals surface area contributed by atoms with Gasteiger partial charge in [-0.3, -0.25) is 4.72 Å². The number of benzene rings is 1. The first-order valence-corrected chi connectivity index (χ1v) is 5.88. The van der Waals surface area contributed by atoms with Crippen LogP contribution in [-0.4, -0.2) is 14.7 Å². The number of rotatable bonds is 3. The number of nitrogens with two attached hydrogens (primary N) is 1. The predicted octanol–water partition coefficient (Wildman–Crippen LogP) is 1.22. The minimum atomic E-state index is -3.70. The maximum atomic E-state index is 13.2. The second kappa shape index (κ2) is 5.42. The van der Waals surface area contributed by atoms with Crippen molar-refractivity contribution in [2.75, 3.05) is 11.0 Å². The molecule has 0 aliphatic heterocycles. The number of sulfonamides is 1. The summed E-state index contributed by atoms with van der Waals surface area (Å²) >= 11 is 0. The molecule has 4 nitrogen and oxygen atoms in total. The molecular formula is C8H11ClF2N2O2S. The SMILES string of the molecule is CS(=O)(=O)Nc1c(F)cc(CN)cc1F.Cl. The van der Waals surface area contributed by atoms with Crippen molar-refractivity contribution in [3.8, 4) is 0 Å². The van der Waals surface area contributed by atoms with Gasteiger partial charge in [0.05, 0.1) is 6.26 Å². The van der Waals surface area contributed by atoms with Crippen molar-refractivity contribution in [2.45, 2.75) is 6.54 Å². The lowest BCUT2D eigenvalue weighted by Gasteiger charge is -2.08. The average molecular weight is 273 g/mol. The normalized spacial score (nSPS) is 10.8. The van der Waals surface area contributed by atoms with Crippen molar-refractivity contribution in [1.82, 2.24) is 0 Å². The van der Waals surface area contributed by atoms with Crippen molar-refractivity contribution in [2.24, 2.45) is 5.73 Å². The van der Waals surface area contributed by atoms with Crippen LogP contribution in [0.15, 0.2) is 12.1 Å². The van der Waals surface area contributed by atoms with Gasteiger partial charge in [-0.05, 0) is 17.7 Å². The van der Waals surface area contributed by atoms with Gasteiger partial charge in [0.1, 0.15) is 5.69 Å². The Balaban J connectivity index is 0.00000225. The minimum Gasteiger partial charge on any atom is -0.326 e. The van der Waals surface area contributed by atoms with E-state index < -0.39 is 27.3 Å². The summed E-state index contributed by atoms with van der Waals surface area (Å²) in [7, 11) is -3.70. The Morgan fingerprint density at radius 1 is 1.31 bits per heavy atom. The Bertz CT molecular complexity index is 456. The van der Waals surface area contributed by atoms with E-state index in [1.807, 2.05) is 0 Å². The molecule has 0 amide bonds. The van der Waals surface area contributed by atoms with Gasteiger partial charge in [0.15, 0.2) is 11.6 Å².